The fourth-order valence-electron chi connectivity index (χ4n) is 2.60. The Morgan fingerprint density at radius 3 is 2.70 bits per heavy atom. The van der Waals surface area contributed by atoms with Crippen molar-refractivity contribution in [3.8, 4) is 0 Å². The summed E-state index contributed by atoms with van der Waals surface area (Å²) in [7, 11) is -2.53. The van der Waals surface area contributed by atoms with Crippen LogP contribution in [-0.4, -0.2) is 42.2 Å². The monoisotopic (exact) mass is 452 g/mol. The van der Waals surface area contributed by atoms with Gasteiger partial charge in [0, 0.05) is 19.0 Å². The standard InChI is InChI=1S/C18H18ClFN6O3S/c1-3-26(2)30(28,29)25-13-8-7-12(20)16(14(13)19)24-18(27)11-6-4-5-10-15(11)22-9-23-17(10)21/h4-9,25H,3H2,1-2H3,(H,24,27)(H2,21,22,23). The molecule has 0 saturated heterocycles. The highest BCUT2D eigenvalue weighted by Gasteiger charge is 2.22. The first-order chi connectivity index (χ1) is 14.2. The number of hydrogen-bond acceptors (Lipinski definition) is 6. The van der Waals surface area contributed by atoms with Gasteiger partial charge in [-0.1, -0.05) is 24.6 Å². The van der Waals surface area contributed by atoms with E-state index < -0.39 is 21.9 Å². The Labute approximate surface area is 177 Å². The first kappa shape index (κ1) is 21.7. The number of benzene rings is 2. The quantitative estimate of drug-likeness (QED) is 0.527. The number of nitrogens with zero attached hydrogens (tertiary/aromatic N) is 3. The van der Waals surface area contributed by atoms with Crippen LogP contribution in [0.15, 0.2) is 36.7 Å². The number of nitrogens with one attached hydrogen (secondary N) is 2. The number of rotatable bonds is 6. The number of nitrogens with two attached hydrogens (primary N) is 1. The van der Waals surface area contributed by atoms with Crippen LogP contribution in [0.5, 0.6) is 0 Å². The number of amides is 1. The van der Waals surface area contributed by atoms with E-state index in [0.29, 0.717) is 5.39 Å². The molecular weight excluding hydrogens is 435 g/mol. The molecule has 0 bridgehead atoms. The maximum absolute atomic E-state index is 14.4. The van der Waals surface area contributed by atoms with Crippen molar-refractivity contribution in [3.63, 3.8) is 0 Å². The summed E-state index contributed by atoms with van der Waals surface area (Å²) in [4.78, 5) is 20.8. The van der Waals surface area contributed by atoms with Crippen LogP contribution in [0.25, 0.3) is 10.9 Å². The molecule has 9 nitrogen and oxygen atoms in total. The Balaban J connectivity index is 1.98. The van der Waals surface area contributed by atoms with E-state index >= 15 is 0 Å². The predicted octanol–water partition coefficient (Wildman–Crippen LogP) is 2.87. The van der Waals surface area contributed by atoms with E-state index in [0.717, 1.165) is 10.4 Å². The fourth-order valence-corrected chi connectivity index (χ4v) is 3.85. The van der Waals surface area contributed by atoms with Gasteiger partial charge in [0.05, 0.1) is 27.5 Å². The average Bonchev–Trinajstić information content (AvgIpc) is 2.72. The summed E-state index contributed by atoms with van der Waals surface area (Å²) in [6.07, 6.45) is 1.21. The number of anilines is 3. The second-order valence-corrected chi connectivity index (χ2v) is 8.38. The summed E-state index contributed by atoms with van der Waals surface area (Å²) < 4.78 is 42.2. The highest BCUT2D eigenvalue weighted by atomic mass is 35.5. The SMILES string of the molecule is CCN(C)S(=O)(=O)Nc1ccc(F)c(NC(=O)c2cccc3c(N)ncnc23)c1Cl. The smallest absolute Gasteiger partial charge is 0.301 e. The van der Waals surface area contributed by atoms with Crippen LogP contribution in [0.3, 0.4) is 0 Å². The fraction of sp³-hybridized carbons (Fsp3) is 0.167. The molecule has 2 aromatic carbocycles. The van der Waals surface area contributed by atoms with Crippen molar-refractivity contribution in [2.24, 2.45) is 0 Å². The van der Waals surface area contributed by atoms with Crippen molar-refractivity contribution in [1.29, 1.82) is 0 Å². The molecule has 0 atom stereocenters. The zero-order valence-electron chi connectivity index (χ0n) is 16.0. The van der Waals surface area contributed by atoms with Gasteiger partial charge < -0.3 is 11.1 Å². The molecule has 0 aliphatic carbocycles. The van der Waals surface area contributed by atoms with Crippen molar-refractivity contribution in [3.05, 3.63) is 53.1 Å². The number of aromatic nitrogens is 2. The second-order valence-electron chi connectivity index (χ2n) is 6.22. The number of carbonyl (C=O) groups is 1. The summed E-state index contributed by atoms with van der Waals surface area (Å²) in [6.45, 7) is 1.86. The zero-order chi connectivity index (χ0) is 22.1. The average molecular weight is 453 g/mol. The molecule has 0 aliphatic heterocycles. The molecule has 30 heavy (non-hydrogen) atoms. The number of para-hydroxylation sites is 1. The topological polar surface area (TPSA) is 130 Å². The molecule has 0 fully saturated rings. The van der Waals surface area contributed by atoms with Crippen LogP contribution in [0, 0.1) is 5.82 Å². The highest BCUT2D eigenvalue weighted by molar-refractivity contribution is 7.90. The maximum atomic E-state index is 14.4. The van der Waals surface area contributed by atoms with E-state index in [4.69, 9.17) is 17.3 Å². The van der Waals surface area contributed by atoms with Crippen molar-refractivity contribution in [2.45, 2.75) is 6.92 Å². The van der Waals surface area contributed by atoms with Crippen LogP contribution in [0.1, 0.15) is 17.3 Å². The minimum Gasteiger partial charge on any atom is -0.383 e. The van der Waals surface area contributed by atoms with E-state index in [9.17, 15) is 17.6 Å². The molecule has 1 aromatic heterocycles. The first-order valence-electron chi connectivity index (χ1n) is 8.68. The summed E-state index contributed by atoms with van der Waals surface area (Å²) >= 11 is 6.20. The molecule has 158 valence electrons. The lowest BCUT2D eigenvalue weighted by atomic mass is 10.1. The summed E-state index contributed by atoms with van der Waals surface area (Å²) in [5, 5.41) is 2.54. The number of halogens is 2. The van der Waals surface area contributed by atoms with Crippen LogP contribution >= 0.6 is 11.6 Å². The van der Waals surface area contributed by atoms with Gasteiger partial charge in [0.25, 0.3) is 5.91 Å². The molecule has 0 spiro atoms. The van der Waals surface area contributed by atoms with E-state index in [-0.39, 0.29) is 39.8 Å². The van der Waals surface area contributed by atoms with Gasteiger partial charge in [-0.15, -0.1) is 0 Å². The Morgan fingerprint density at radius 1 is 1.27 bits per heavy atom. The normalized spacial score (nSPS) is 11.6. The third-order valence-electron chi connectivity index (χ3n) is 4.36. The third kappa shape index (κ3) is 4.13. The maximum Gasteiger partial charge on any atom is 0.301 e. The largest absolute Gasteiger partial charge is 0.383 e. The molecule has 12 heteroatoms. The number of hydrogen-bond donors (Lipinski definition) is 3. The molecule has 0 unspecified atom stereocenters. The molecule has 4 N–H and O–H groups in total. The van der Waals surface area contributed by atoms with Gasteiger partial charge in [-0.2, -0.15) is 12.7 Å². The van der Waals surface area contributed by atoms with Crippen LogP contribution in [0.2, 0.25) is 5.02 Å². The van der Waals surface area contributed by atoms with Gasteiger partial charge in [-0.25, -0.2) is 14.4 Å². The van der Waals surface area contributed by atoms with Crippen molar-refractivity contribution in [2.75, 3.05) is 29.4 Å². The minimum atomic E-state index is -3.90. The van der Waals surface area contributed by atoms with Crippen molar-refractivity contribution in [1.82, 2.24) is 14.3 Å². The molecule has 3 aromatic rings. The van der Waals surface area contributed by atoms with Gasteiger partial charge in [-0.3, -0.25) is 9.52 Å². The van der Waals surface area contributed by atoms with Crippen molar-refractivity contribution >= 4 is 55.8 Å². The Kier molecular flexibility index (Phi) is 6.06. The summed E-state index contributed by atoms with van der Waals surface area (Å²) in [5.41, 5.74) is 5.74. The molecular formula is C18H18ClFN6O3S. The van der Waals surface area contributed by atoms with Gasteiger partial charge >= 0.3 is 10.2 Å². The number of nitrogen functional groups attached to an aromatic ring is 1. The predicted molar refractivity (Wildman–Crippen MR) is 114 cm³/mol. The lowest BCUT2D eigenvalue weighted by molar-refractivity contribution is 0.102. The summed E-state index contributed by atoms with van der Waals surface area (Å²) in [6, 6.07) is 6.88. The van der Waals surface area contributed by atoms with Crippen molar-refractivity contribution < 1.29 is 17.6 Å². The second kappa shape index (κ2) is 8.38. The summed E-state index contributed by atoms with van der Waals surface area (Å²) in [5.74, 6) is -1.35. The molecule has 3 rings (SSSR count). The van der Waals surface area contributed by atoms with E-state index in [2.05, 4.69) is 20.0 Å². The first-order valence-corrected chi connectivity index (χ1v) is 10.5. The third-order valence-corrected chi connectivity index (χ3v) is 6.31. The van der Waals surface area contributed by atoms with E-state index in [1.54, 1.807) is 19.1 Å². The van der Waals surface area contributed by atoms with Crippen LogP contribution in [0.4, 0.5) is 21.6 Å². The highest BCUT2D eigenvalue weighted by Crippen LogP contribution is 2.34. The minimum absolute atomic E-state index is 0.0850. The lowest BCUT2D eigenvalue weighted by Crippen LogP contribution is -2.32. The van der Waals surface area contributed by atoms with Crippen LogP contribution < -0.4 is 15.8 Å². The molecule has 1 heterocycles. The van der Waals surface area contributed by atoms with Gasteiger partial charge in [-0.05, 0) is 24.3 Å². The van der Waals surface area contributed by atoms with Gasteiger partial charge in [0.2, 0.25) is 0 Å². The lowest BCUT2D eigenvalue weighted by Gasteiger charge is -2.18. The number of fused-ring (bicyclic) bond motifs is 1. The van der Waals surface area contributed by atoms with Crippen LogP contribution in [-0.2, 0) is 10.2 Å². The van der Waals surface area contributed by atoms with Gasteiger partial charge in [0.15, 0.2) is 0 Å². The number of carbonyl (C=O) groups excluding carboxylic acids is 1. The zero-order valence-corrected chi connectivity index (χ0v) is 17.6. The molecule has 0 radical (unpaired) electrons. The van der Waals surface area contributed by atoms with E-state index in [1.165, 1.54) is 25.5 Å². The molecule has 0 aliphatic rings. The Morgan fingerprint density at radius 2 is 2.00 bits per heavy atom. The molecule has 0 saturated carbocycles. The van der Waals surface area contributed by atoms with E-state index in [1.807, 2.05) is 0 Å². The van der Waals surface area contributed by atoms with Gasteiger partial charge in [0.1, 0.15) is 18.0 Å². The Hall–Kier alpha value is -3.02. The Bertz CT molecular complexity index is 1240. The molecule has 1 amide bonds.